The topological polar surface area (TPSA) is 40.7 Å². The third kappa shape index (κ3) is 2.37. The molecule has 0 bridgehead atoms. The molecule has 2 N–H and O–H groups in total. The number of benzene rings is 2. The second-order valence-electron chi connectivity index (χ2n) is 5.06. The van der Waals surface area contributed by atoms with Crippen LogP contribution in [0.2, 0.25) is 0 Å². The maximum atomic E-state index is 6.19. The molecule has 0 fully saturated rings. The van der Waals surface area contributed by atoms with Gasteiger partial charge in [0.05, 0.1) is 16.6 Å². The number of halogens is 1. The van der Waals surface area contributed by atoms with Crippen molar-refractivity contribution in [2.75, 3.05) is 11.2 Å². The molecule has 0 aliphatic rings. The van der Waals surface area contributed by atoms with Gasteiger partial charge in [0, 0.05) is 5.88 Å². The second-order valence-corrected chi connectivity index (χ2v) is 5.33. The summed E-state index contributed by atoms with van der Waals surface area (Å²) in [5, 5.41) is 3.41. The van der Waals surface area contributed by atoms with Gasteiger partial charge in [-0.3, -0.25) is 0 Å². The minimum Gasteiger partial charge on any atom is -0.345 e. The summed E-state index contributed by atoms with van der Waals surface area (Å²) in [5.74, 6) is 1.19. The molecule has 0 spiro atoms. The van der Waals surface area contributed by atoms with Gasteiger partial charge in [-0.1, -0.05) is 42.5 Å². The highest BCUT2D eigenvalue weighted by Gasteiger charge is 2.26. The van der Waals surface area contributed by atoms with E-state index in [1.165, 1.54) is 0 Å². The van der Waals surface area contributed by atoms with Gasteiger partial charge in [0.15, 0.2) is 0 Å². The van der Waals surface area contributed by atoms with Crippen molar-refractivity contribution in [2.24, 2.45) is 0 Å². The van der Waals surface area contributed by atoms with Crippen molar-refractivity contribution in [1.82, 2.24) is 9.97 Å². The van der Waals surface area contributed by atoms with E-state index >= 15 is 0 Å². The van der Waals surface area contributed by atoms with E-state index in [0.29, 0.717) is 5.88 Å². The number of aromatic amines is 1. The molecule has 1 unspecified atom stereocenters. The Morgan fingerprint density at radius 2 is 1.80 bits per heavy atom. The number of hydrogen-bond donors (Lipinski definition) is 2. The van der Waals surface area contributed by atoms with Gasteiger partial charge in [-0.15, -0.1) is 11.6 Å². The van der Waals surface area contributed by atoms with Crippen LogP contribution in [-0.4, -0.2) is 15.8 Å². The molecule has 1 heterocycles. The number of nitrogens with zero attached hydrogens (tertiary/aromatic N) is 1. The van der Waals surface area contributed by atoms with E-state index in [1.54, 1.807) is 0 Å². The first-order valence-electron chi connectivity index (χ1n) is 6.56. The third-order valence-corrected chi connectivity index (χ3v) is 4.00. The molecule has 1 aromatic heterocycles. The number of alkyl halides is 1. The molecule has 0 aliphatic heterocycles. The highest BCUT2D eigenvalue weighted by atomic mass is 35.5. The van der Waals surface area contributed by atoms with Crippen LogP contribution in [0.1, 0.15) is 12.5 Å². The van der Waals surface area contributed by atoms with E-state index in [4.69, 9.17) is 11.6 Å². The van der Waals surface area contributed by atoms with Crippen LogP contribution in [0.5, 0.6) is 0 Å². The lowest BCUT2D eigenvalue weighted by Gasteiger charge is -2.29. The molecule has 0 saturated heterocycles. The molecule has 3 rings (SSSR count). The Bertz CT molecular complexity index is 675. The van der Waals surface area contributed by atoms with Crippen LogP contribution in [0.3, 0.4) is 0 Å². The Morgan fingerprint density at radius 1 is 1.10 bits per heavy atom. The van der Waals surface area contributed by atoms with Crippen LogP contribution >= 0.6 is 11.6 Å². The average Bonchev–Trinajstić information content (AvgIpc) is 2.90. The zero-order valence-corrected chi connectivity index (χ0v) is 12.0. The fourth-order valence-electron chi connectivity index (χ4n) is 2.26. The normalized spacial score (nSPS) is 14.1. The Labute approximate surface area is 123 Å². The lowest BCUT2D eigenvalue weighted by Crippen LogP contribution is -2.34. The second kappa shape index (κ2) is 5.17. The monoisotopic (exact) mass is 285 g/mol. The van der Waals surface area contributed by atoms with Crippen molar-refractivity contribution in [2.45, 2.75) is 12.5 Å². The van der Waals surface area contributed by atoms with Crippen molar-refractivity contribution in [3.63, 3.8) is 0 Å². The van der Waals surface area contributed by atoms with Crippen LogP contribution in [0.25, 0.3) is 11.0 Å². The van der Waals surface area contributed by atoms with Crippen LogP contribution in [0.4, 0.5) is 5.95 Å². The molecule has 0 radical (unpaired) electrons. The Kier molecular flexibility index (Phi) is 3.36. The highest BCUT2D eigenvalue weighted by molar-refractivity contribution is 6.18. The van der Waals surface area contributed by atoms with E-state index in [1.807, 2.05) is 42.5 Å². The third-order valence-electron chi connectivity index (χ3n) is 3.46. The summed E-state index contributed by atoms with van der Waals surface area (Å²) < 4.78 is 0. The molecule has 0 aliphatic carbocycles. The number of anilines is 1. The molecular formula is C16H16ClN3. The largest absolute Gasteiger partial charge is 0.345 e. The van der Waals surface area contributed by atoms with Crippen molar-refractivity contribution >= 4 is 28.6 Å². The van der Waals surface area contributed by atoms with Crippen molar-refractivity contribution in [3.05, 3.63) is 60.2 Å². The molecule has 3 aromatic rings. The summed E-state index contributed by atoms with van der Waals surface area (Å²) in [6, 6.07) is 18.1. The quantitative estimate of drug-likeness (QED) is 0.708. The molecule has 0 amide bonds. The molecule has 2 aromatic carbocycles. The number of H-pyrrole nitrogens is 1. The van der Waals surface area contributed by atoms with Gasteiger partial charge in [-0.05, 0) is 24.6 Å². The van der Waals surface area contributed by atoms with Crippen LogP contribution in [0, 0.1) is 0 Å². The summed E-state index contributed by atoms with van der Waals surface area (Å²) in [6.07, 6.45) is 0. The van der Waals surface area contributed by atoms with Crippen molar-refractivity contribution in [1.29, 1.82) is 0 Å². The van der Waals surface area contributed by atoms with Gasteiger partial charge >= 0.3 is 0 Å². The fraction of sp³-hybridized carbons (Fsp3) is 0.188. The van der Waals surface area contributed by atoms with E-state index in [-0.39, 0.29) is 5.54 Å². The number of fused-ring (bicyclic) bond motifs is 1. The maximum absolute atomic E-state index is 6.19. The van der Waals surface area contributed by atoms with E-state index in [2.05, 4.69) is 34.3 Å². The number of imidazole rings is 1. The fourth-order valence-corrected chi connectivity index (χ4v) is 2.48. The predicted octanol–water partition coefficient (Wildman–Crippen LogP) is 4.13. The average molecular weight is 286 g/mol. The van der Waals surface area contributed by atoms with E-state index in [9.17, 15) is 0 Å². The predicted molar refractivity (Wildman–Crippen MR) is 84.2 cm³/mol. The van der Waals surface area contributed by atoms with Crippen LogP contribution in [-0.2, 0) is 5.54 Å². The number of para-hydroxylation sites is 2. The molecular weight excluding hydrogens is 270 g/mol. The van der Waals surface area contributed by atoms with Crippen molar-refractivity contribution in [3.8, 4) is 0 Å². The van der Waals surface area contributed by atoms with Gasteiger partial charge in [-0.2, -0.15) is 0 Å². The van der Waals surface area contributed by atoms with Gasteiger partial charge in [-0.25, -0.2) is 4.98 Å². The number of hydrogen-bond acceptors (Lipinski definition) is 2. The van der Waals surface area contributed by atoms with Gasteiger partial charge < -0.3 is 10.3 Å². The first-order valence-corrected chi connectivity index (χ1v) is 7.09. The maximum Gasteiger partial charge on any atom is 0.201 e. The molecule has 20 heavy (non-hydrogen) atoms. The SMILES string of the molecule is CC(CCl)(Nc1nc2ccccc2[nH]1)c1ccccc1. The number of nitrogens with one attached hydrogen (secondary N) is 2. The van der Waals surface area contributed by atoms with Gasteiger partial charge in [0.1, 0.15) is 0 Å². The standard InChI is InChI=1S/C16H16ClN3/c1-16(11-17,12-7-3-2-4-8-12)20-15-18-13-9-5-6-10-14(13)19-15/h2-10H,11H2,1H3,(H2,18,19,20). The molecule has 102 valence electrons. The number of aromatic nitrogens is 2. The first-order chi connectivity index (χ1) is 9.71. The zero-order chi connectivity index (χ0) is 14.0. The van der Waals surface area contributed by atoms with E-state index < -0.39 is 0 Å². The minimum absolute atomic E-state index is 0.364. The van der Waals surface area contributed by atoms with Gasteiger partial charge in [0.2, 0.25) is 5.95 Å². The van der Waals surface area contributed by atoms with Crippen molar-refractivity contribution < 1.29 is 0 Å². The van der Waals surface area contributed by atoms with Crippen LogP contribution < -0.4 is 5.32 Å². The lowest BCUT2D eigenvalue weighted by atomic mass is 9.94. The van der Waals surface area contributed by atoms with E-state index in [0.717, 1.165) is 22.5 Å². The Hall–Kier alpha value is -2.00. The zero-order valence-electron chi connectivity index (χ0n) is 11.2. The summed E-state index contributed by atoms with van der Waals surface area (Å²) in [7, 11) is 0. The highest BCUT2D eigenvalue weighted by Crippen LogP contribution is 2.27. The summed E-state index contributed by atoms with van der Waals surface area (Å²) >= 11 is 6.19. The molecule has 3 nitrogen and oxygen atoms in total. The first kappa shape index (κ1) is 13.0. The lowest BCUT2D eigenvalue weighted by molar-refractivity contribution is 0.611. The smallest absolute Gasteiger partial charge is 0.201 e. The summed E-state index contributed by atoms with van der Waals surface area (Å²) in [4.78, 5) is 7.82. The Morgan fingerprint density at radius 3 is 2.50 bits per heavy atom. The molecule has 1 atom stereocenters. The molecule has 0 saturated carbocycles. The summed E-state index contributed by atoms with van der Waals surface area (Å²) in [5.41, 5.74) is 2.73. The number of rotatable bonds is 4. The summed E-state index contributed by atoms with van der Waals surface area (Å²) in [6.45, 7) is 2.07. The molecule has 4 heteroatoms. The van der Waals surface area contributed by atoms with Crippen LogP contribution in [0.15, 0.2) is 54.6 Å². The van der Waals surface area contributed by atoms with Gasteiger partial charge in [0.25, 0.3) is 0 Å². The Balaban J connectivity index is 1.95. The minimum atomic E-state index is -0.364.